The zero-order chi connectivity index (χ0) is 16.2. The van der Waals surface area contributed by atoms with E-state index in [4.69, 9.17) is 0 Å². The maximum absolute atomic E-state index is 12.5. The van der Waals surface area contributed by atoms with Gasteiger partial charge in [-0.15, -0.1) is 0 Å². The van der Waals surface area contributed by atoms with E-state index < -0.39 is 0 Å². The molecule has 0 aromatic heterocycles. The van der Waals surface area contributed by atoms with Gasteiger partial charge in [0.05, 0.1) is 0 Å². The Morgan fingerprint density at radius 2 is 2.09 bits per heavy atom. The van der Waals surface area contributed by atoms with Crippen LogP contribution in [0, 0.1) is 11.8 Å². The molecule has 1 aliphatic carbocycles. The number of hydrogen-bond acceptors (Lipinski definition) is 2. The third-order valence-electron chi connectivity index (χ3n) is 4.84. The van der Waals surface area contributed by atoms with E-state index in [-0.39, 0.29) is 17.7 Å². The Morgan fingerprint density at radius 3 is 2.83 bits per heavy atom. The van der Waals surface area contributed by atoms with Gasteiger partial charge in [0, 0.05) is 31.1 Å². The predicted molar refractivity (Wildman–Crippen MR) is 91.1 cm³/mol. The molecule has 1 saturated carbocycles. The van der Waals surface area contributed by atoms with Crippen molar-refractivity contribution in [3.8, 4) is 0 Å². The molecule has 2 amide bonds. The second-order valence-corrected chi connectivity index (χ2v) is 6.87. The molecule has 4 nitrogen and oxygen atoms in total. The van der Waals surface area contributed by atoms with Crippen LogP contribution in [0.5, 0.6) is 0 Å². The topological polar surface area (TPSA) is 49.4 Å². The maximum atomic E-state index is 12.5. The van der Waals surface area contributed by atoms with Crippen LogP contribution in [0.2, 0.25) is 0 Å². The molecule has 3 rings (SSSR count). The molecule has 0 bridgehead atoms. The first-order valence-electron chi connectivity index (χ1n) is 8.84. The number of para-hydroxylation sites is 1. The van der Waals surface area contributed by atoms with E-state index in [9.17, 15) is 9.59 Å². The van der Waals surface area contributed by atoms with Crippen LogP contribution in [0.1, 0.15) is 44.6 Å². The van der Waals surface area contributed by atoms with Crippen molar-refractivity contribution >= 4 is 17.5 Å². The molecular formula is C19H26N2O2. The summed E-state index contributed by atoms with van der Waals surface area (Å²) in [6.45, 7) is 3.86. The number of amides is 2. The van der Waals surface area contributed by atoms with Crippen LogP contribution in [-0.4, -0.2) is 29.8 Å². The number of fused-ring (bicyclic) bond motifs is 1. The van der Waals surface area contributed by atoms with Crippen molar-refractivity contribution in [3.05, 3.63) is 29.8 Å². The van der Waals surface area contributed by atoms with Gasteiger partial charge in [-0.2, -0.15) is 0 Å². The number of carbonyl (C=O) groups is 2. The van der Waals surface area contributed by atoms with Gasteiger partial charge in [-0.3, -0.25) is 9.59 Å². The smallest absolute Gasteiger partial charge is 0.227 e. The molecule has 23 heavy (non-hydrogen) atoms. The van der Waals surface area contributed by atoms with Gasteiger partial charge in [-0.1, -0.05) is 25.1 Å². The molecule has 0 spiro atoms. The Bertz CT molecular complexity index is 580. The molecule has 1 aromatic carbocycles. The van der Waals surface area contributed by atoms with Crippen molar-refractivity contribution < 1.29 is 9.59 Å². The molecule has 124 valence electrons. The number of carbonyl (C=O) groups excluding carboxylic acids is 2. The lowest BCUT2D eigenvalue weighted by Gasteiger charge is -2.26. The van der Waals surface area contributed by atoms with Crippen molar-refractivity contribution in [2.75, 3.05) is 18.4 Å². The molecule has 1 unspecified atom stereocenters. The second kappa shape index (κ2) is 7.16. The fourth-order valence-electron chi connectivity index (χ4n) is 3.30. The van der Waals surface area contributed by atoms with Crippen molar-refractivity contribution in [3.63, 3.8) is 0 Å². The minimum Gasteiger partial charge on any atom is -0.342 e. The average Bonchev–Trinajstić information content (AvgIpc) is 3.36. The highest BCUT2D eigenvalue weighted by molar-refractivity contribution is 5.96. The molecule has 1 aromatic rings. The van der Waals surface area contributed by atoms with Crippen LogP contribution in [0.4, 0.5) is 5.69 Å². The second-order valence-electron chi connectivity index (χ2n) is 6.87. The summed E-state index contributed by atoms with van der Waals surface area (Å²) in [7, 11) is 0. The van der Waals surface area contributed by atoms with Crippen LogP contribution < -0.4 is 5.32 Å². The van der Waals surface area contributed by atoms with Gasteiger partial charge in [-0.25, -0.2) is 0 Å². The summed E-state index contributed by atoms with van der Waals surface area (Å²) in [5.41, 5.74) is 2.09. The van der Waals surface area contributed by atoms with Crippen molar-refractivity contribution in [2.45, 2.75) is 45.4 Å². The summed E-state index contributed by atoms with van der Waals surface area (Å²) in [5, 5.41) is 2.97. The molecule has 0 saturated heterocycles. The Morgan fingerprint density at radius 1 is 1.30 bits per heavy atom. The first-order chi connectivity index (χ1) is 11.2. The lowest BCUT2D eigenvalue weighted by atomic mass is 9.89. The highest BCUT2D eigenvalue weighted by Crippen LogP contribution is 2.31. The van der Waals surface area contributed by atoms with Gasteiger partial charge in [0.25, 0.3) is 0 Å². The van der Waals surface area contributed by atoms with Crippen molar-refractivity contribution in [2.24, 2.45) is 11.8 Å². The van der Waals surface area contributed by atoms with E-state index in [2.05, 4.69) is 18.3 Å². The Kier molecular flexibility index (Phi) is 4.99. The lowest BCUT2D eigenvalue weighted by molar-refractivity contribution is -0.132. The fraction of sp³-hybridized carbons (Fsp3) is 0.579. The number of benzene rings is 1. The van der Waals surface area contributed by atoms with E-state index in [0.29, 0.717) is 12.8 Å². The largest absolute Gasteiger partial charge is 0.342 e. The number of anilines is 1. The Balaban J connectivity index is 1.54. The molecule has 1 aliphatic heterocycles. The molecule has 1 N–H and O–H groups in total. The predicted octanol–water partition coefficient (Wildman–Crippen LogP) is 3.23. The monoisotopic (exact) mass is 314 g/mol. The number of nitrogens with one attached hydrogen (secondary N) is 1. The van der Waals surface area contributed by atoms with Crippen LogP contribution in [-0.2, 0) is 16.0 Å². The number of nitrogens with zero attached hydrogens (tertiary/aromatic N) is 1. The summed E-state index contributed by atoms with van der Waals surface area (Å²) in [5.74, 6) is 0.903. The first-order valence-corrected chi connectivity index (χ1v) is 8.84. The van der Waals surface area contributed by atoms with E-state index in [1.165, 1.54) is 18.4 Å². The van der Waals surface area contributed by atoms with Gasteiger partial charge in [-0.05, 0) is 49.7 Å². The first kappa shape index (κ1) is 16.0. The van der Waals surface area contributed by atoms with E-state index in [1.807, 2.05) is 23.1 Å². The summed E-state index contributed by atoms with van der Waals surface area (Å²) < 4.78 is 0. The molecule has 4 heteroatoms. The SMILES string of the molecule is CCCN(CC1CC1)C(=O)CCC1Cc2ccccc2NC1=O. The fourth-order valence-corrected chi connectivity index (χ4v) is 3.30. The van der Waals surface area contributed by atoms with E-state index in [0.717, 1.165) is 37.5 Å². The normalized spacial score (nSPS) is 19.9. The van der Waals surface area contributed by atoms with Crippen molar-refractivity contribution in [1.29, 1.82) is 0 Å². The highest BCUT2D eigenvalue weighted by Gasteiger charge is 2.29. The van der Waals surface area contributed by atoms with Crippen LogP contribution in [0.25, 0.3) is 0 Å². The molecule has 0 radical (unpaired) electrons. The Labute approximate surface area is 138 Å². The standard InChI is InChI=1S/C19H26N2O2/c1-2-11-21(13-14-7-8-14)18(22)10-9-16-12-15-5-3-4-6-17(15)20-19(16)23/h3-6,14,16H,2,7-13H2,1H3,(H,20,23). The third-order valence-corrected chi connectivity index (χ3v) is 4.84. The van der Waals surface area contributed by atoms with Gasteiger partial charge in [0.15, 0.2) is 0 Å². The summed E-state index contributed by atoms with van der Waals surface area (Å²) in [6, 6.07) is 7.92. The quantitative estimate of drug-likeness (QED) is 0.840. The van der Waals surface area contributed by atoms with Crippen LogP contribution >= 0.6 is 0 Å². The Hall–Kier alpha value is -1.84. The van der Waals surface area contributed by atoms with Crippen LogP contribution in [0.3, 0.4) is 0 Å². The molecular weight excluding hydrogens is 288 g/mol. The minimum atomic E-state index is -0.0850. The highest BCUT2D eigenvalue weighted by atomic mass is 16.2. The van der Waals surface area contributed by atoms with E-state index >= 15 is 0 Å². The zero-order valence-electron chi connectivity index (χ0n) is 13.9. The molecule has 1 heterocycles. The maximum Gasteiger partial charge on any atom is 0.227 e. The minimum absolute atomic E-state index is 0.0562. The molecule has 1 fully saturated rings. The van der Waals surface area contributed by atoms with Gasteiger partial charge >= 0.3 is 0 Å². The number of rotatable bonds is 7. The van der Waals surface area contributed by atoms with Crippen LogP contribution in [0.15, 0.2) is 24.3 Å². The molecule has 2 aliphatic rings. The molecule has 1 atom stereocenters. The van der Waals surface area contributed by atoms with Gasteiger partial charge in [0.2, 0.25) is 11.8 Å². The number of hydrogen-bond donors (Lipinski definition) is 1. The summed E-state index contributed by atoms with van der Waals surface area (Å²) in [6.07, 6.45) is 5.38. The van der Waals surface area contributed by atoms with Gasteiger partial charge < -0.3 is 10.2 Å². The lowest BCUT2D eigenvalue weighted by Crippen LogP contribution is -2.35. The van der Waals surface area contributed by atoms with Gasteiger partial charge in [0.1, 0.15) is 0 Å². The van der Waals surface area contributed by atoms with Crippen molar-refractivity contribution in [1.82, 2.24) is 4.90 Å². The average molecular weight is 314 g/mol. The summed E-state index contributed by atoms with van der Waals surface area (Å²) >= 11 is 0. The van der Waals surface area contributed by atoms with E-state index in [1.54, 1.807) is 0 Å². The zero-order valence-corrected chi connectivity index (χ0v) is 13.9. The summed E-state index contributed by atoms with van der Waals surface area (Å²) in [4.78, 5) is 26.7. The third kappa shape index (κ3) is 4.12.